The predicted molar refractivity (Wildman–Crippen MR) is 56.9 cm³/mol. The van der Waals surface area contributed by atoms with E-state index in [9.17, 15) is 13.2 Å². The third-order valence-electron chi connectivity index (χ3n) is 2.34. The van der Waals surface area contributed by atoms with Gasteiger partial charge in [0, 0.05) is 26.2 Å². The minimum atomic E-state index is -3.28. The highest BCUT2D eigenvalue weighted by Crippen LogP contribution is 1.98. The third kappa shape index (κ3) is 4.59. The molecule has 1 rings (SSSR count). The second kappa shape index (κ2) is 4.91. The number of carbonyl (C=O) groups excluding carboxylic acids is 1. The van der Waals surface area contributed by atoms with Crippen molar-refractivity contribution < 1.29 is 13.2 Å². The molecule has 7 heteroatoms. The number of sulfonamides is 1. The summed E-state index contributed by atoms with van der Waals surface area (Å²) in [6, 6.07) is 0. The summed E-state index contributed by atoms with van der Waals surface area (Å²) in [4.78, 5) is 15.3. The first-order valence-electron chi connectivity index (χ1n) is 4.79. The Balaban J connectivity index is 2.35. The van der Waals surface area contributed by atoms with Crippen molar-refractivity contribution in [2.75, 3.05) is 46.0 Å². The van der Waals surface area contributed by atoms with Gasteiger partial charge in [-0.15, -0.1) is 0 Å². The van der Waals surface area contributed by atoms with Gasteiger partial charge in [-0.05, 0) is 7.05 Å². The number of piperazine rings is 1. The Bertz CT molecular complexity index is 320. The highest BCUT2D eigenvalue weighted by Gasteiger charge is 2.19. The Labute approximate surface area is 90.3 Å². The van der Waals surface area contributed by atoms with Crippen LogP contribution in [0.1, 0.15) is 0 Å². The summed E-state index contributed by atoms with van der Waals surface area (Å²) in [5.41, 5.74) is 0. The molecule has 1 amide bonds. The Morgan fingerprint density at radius 1 is 1.27 bits per heavy atom. The van der Waals surface area contributed by atoms with Gasteiger partial charge in [-0.25, -0.2) is 13.1 Å². The van der Waals surface area contributed by atoms with Gasteiger partial charge in [0.25, 0.3) is 0 Å². The fourth-order valence-electron chi connectivity index (χ4n) is 1.36. The summed E-state index contributed by atoms with van der Waals surface area (Å²) >= 11 is 0. The van der Waals surface area contributed by atoms with Crippen LogP contribution in [0.5, 0.6) is 0 Å². The Morgan fingerprint density at radius 2 is 1.80 bits per heavy atom. The summed E-state index contributed by atoms with van der Waals surface area (Å²) in [6.07, 6.45) is 1.05. The SMILES string of the molecule is CN1CCN(C(=O)CNS(C)(=O)=O)CC1. The van der Waals surface area contributed by atoms with Gasteiger partial charge in [0.1, 0.15) is 0 Å². The molecule has 15 heavy (non-hydrogen) atoms. The highest BCUT2D eigenvalue weighted by molar-refractivity contribution is 7.88. The van der Waals surface area contributed by atoms with Crippen molar-refractivity contribution >= 4 is 15.9 Å². The monoisotopic (exact) mass is 235 g/mol. The molecule has 1 N–H and O–H groups in total. The number of likely N-dealkylation sites (N-methyl/N-ethyl adjacent to an activating group) is 1. The van der Waals surface area contributed by atoms with E-state index in [1.54, 1.807) is 4.90 Å². The molecule has 0 aliphatic carbocycles. The quantitative estimate of drug-likeness (QED) is 0.634. The van der Waals surface area contributed by atoms with Gasteiger partial charge < -0.3 is 9.80 Å². The van der Waals surface area contributed by atoms with Crippen molar-refractivity contribution in [3.63, 3.8) is 0 Å². The smallest absolute Gasteiger partial charge is 0.237 e. The van der Waals surface area contributed by atoms with Crippen LogP contribution in [0.15, 0.2) is 0 Å². The van der Waals surface area contributed by atoms with Crippen molar-refractivity contribution in [2.45, 2.75) is 0 Å². The molecule has 0 aromatic heterocycles. The van der Waals surface area contributed by atoms with Crippen LogP contribution >= 0.6 is 0 Å². The molecule has 0 radical (unpaired) electrons. The first-order valence-corrected chi connectivity index (χ1v) is 6.68. The van der Waals surface area contributed by atoms with Crippen LogP contribution in [0.25, 0.3) is 0 Å². The normalized spacial score (nSPS) is 19.2. The average molecular weight is 235 g/mol. The molecule has 88 valence electrons. The number of nitrogens with zero attached hydrogens (tertiary/aromatic N) is 2. The van der Waals surface area contributed by atoms with Crippen molar-refractivity contribution in [1.29, 1.82) is 0 Å². The lowest BCUT2D eigenvalue weighted by molar-refractivity contribution is -0.131. The molecule has 0 atom stereocenters. The van der Waals surface area contributed by atoms with E-state index in [4.69, 9.17) is 0 Å². The lowest BCUT2D eigenvalue weighted by atomic mass is 10.3. The van der Waals surface area contributed by atoms with Crippen LogP contribution in [-0.4, -0.2) is 70.2 Å². The van der Waals surface area contributed by atoms with E-state index in [2.05, 4.69) is 9.62 Å². The zero-order valence-corrected chi connectivity index (χ0v) is 9.88. The highest BCUT2D eigenvalue weighted by atomic mass is 32.2. The van der Waals surface area contributed by atoms with Crippen LogP contribution < -0.4 is 4.72 Å². The Kier molecular flexibility index (Phi) is 4.06. The second-order valence-corrected chi connectivity index (χ2v) is 5.61. The minimum Gasteiger partial charge on any atom is -0.339 e. The van der Waals surface area contributed by atoms with Gasteiger partial charge >= 0.3 is 0 Å². The second-order valence-electron chi connectivity index (χ2n) is 3.78. The molecule has 1 saturated heterocycles. The van der Waals surface area contributed by atoms with Gasteiger partial charge in [-0.1, -0.05) is 0 Å². The van der Waals surface area contributed by atoms with E-state index in [0.717, 1.165) is 19.3 Å². The van der Waals surface area contributed by atoms with E-state index in [1.165, 1.54) is 0 Å². The van der Waals surface area contributed by atoms with E-state index >= 15 is 0 Å². The van der Waals surface area contributed by atoms with Crippen LogP contribution in [0, 0.1) is 0 Å². The van der Waals surface area contributed by atoms with Crippen molar-refractivity contribution in [3.05, 3.63) is 0 Å². The molecule has 6 nitrogen and oxygen atoms in total. The van der Waals surface area contributed by atoms with Gasteiger partial charge in [0.05, 0.1) is 12.8 Å². The summed E-state index contributed by atoms with van der Waals surface area (Å²) in [7, 11) is -1.28. The maximum absolute atomic E-state index is 11.5. The molecule has 1 aliphatic heterocycles. The van der Waals surface area contributed by atoms with Gasteiger partial charge in [0.2, 0.25) is 15.9 Å². The van der Waals surface area contributed by atoms with Crippen LogP contribution in [0.2, 0.25) is 0 Å². The molecule has 0 aromatic rings. The van der Waals surface area contributed by atoms with Crippen LogP contribution in [-0.2, 0) is 14.8 Å². The van der Waals surface area contributed by atoms with Crippen molar-refractivity contribution in [3.8, 4) is 0 Å². The molecule has 1 aliphatic rings. The van der Waals surface area contributed by atoms with Crippen molar-refractivity contribution in [2.24, 2.45) is 0 Å². The lowest BCUT2D eigenvalue weighted by Crippen LogP contribution is -2.49. The van der Waals surface area contributed by atoms with Crippen LogP contribution in [0.4, 0.5) is 0 Å². The number of hydrogen-bond acceptors (Lipinski definition) is 4. The van der Waals surface area contributed by atoms with Gasteiger partial charge in [-0.3, -0.25) is 4.79 Å². The molecule has 0 unspecified atom stereocenters. The molecule has 1 heterocycles. The molecule has 0 spiro atoms. The van der Waals surface area contributed by atoms with Crippen LogP contribution in [0.3, 0.4) is 0 Å². The topological polar surface area (TPSA) is 69.7 Å². The number of nitrogens with one attached hydrogen (secondary N) is 1. The Morgan fingerprint density at radius 3 is 2.27 bits per heavy atom. The average Bonchev–Trinajstić information content (AvgIpc) is 2.14. The third-order valence-corrected chi connectivity index (χ3v) is 3.01. The predicted octanol–water partition coefficient (Wildman–Crippen LogP) is -1.69. The molecular weight excluding hydrogens is 218 g/mol. The molecule has 0 aromatic carbocycles. The standard InChI is InChI=1S/C8H17N3O3S/c1-10-3-5-11(6-4-10)8(12)7-9-15(2,13)14/h9H,3-7H2,1-2H3. The summed E-state index contributed by atoms with van der Waals surface area (Å²) in [6.45, 7) is 2.87. The van der Waals surface area contributed by atoms with E-state index in [1.807, 2.05) is 7.05 Å². The zero-order chi connectivity index (χ0) is 11.5. The summed E-state index contributed by atoms with van der Waals surface area (Å²) in [5, 5.41) is 0. The fraction of sp³-hybridized carbons (Fsp3) is 0.875. The first kappa shape index (κ1) is 12.4. The molecule has 1 fully saturated rings. The van der Waals surface area contributed by atoms with E-state index in [0.29, 0.717) is 13.1 Å². The number of hydrogen-bond donors (Lipinski definition) is 1. The number of carbonyl (C=O) groups is 1. The van der Waals surface area contributed by atoms with Crippen molar-refractivity contribution in [1.82, 2.24) is 14.5 Å². The largest absolute Gasteiger partial charge is 0.339 e. The maximum atomic E-state index is 11.5. The van der Waals surface area contributed by atoms with Gasteiger partial charge in [0.15, 0.2) is 0 Å². The summed E-state index contributed by atoms with van der Waals surface area (Å²) in [5.74, 6) is -0.159. The van der Waals surface area contributed by atoms with E-state index in [-0.39, 0.29) is 12.5 Å². The number of rotatable bonds is 3. The first-order chi connectivity index (χ1) is 6.88. The fourth-order valence-corrected chi connectivity index (χ4v) is 1.75. The maximum Gasteiger partial charge on any atom is 0.237 e. The zero-order valence-electron chi connectivity index (χ0n) is 9.06. The van der Waals surface area contributed by atoms with E-state index < -0.39 is 10.0 Å². The Hall–Kier alpha value is -0.660. The summed E-state index contributed by atoms with van der Waals surface area (Å²) < 4.78 is 23.8. The molecular formula is C8H17N3O3S. The molecule has 0 bridgehead atoms. The minimum absolute atomic E-state index is 0.136. The van der Waals surface area contributed by atoms with Gasteiger partial charge in [-0.2, -0.15) is 0 Å². The number of amides is 1. The lowest BCUT2D eigenvalue weighted by Gasteiger charge is -2.32. The molecule has 0 saturated carbocycles.